The van der Waals surface area contributed by atoms with E-state index in [0.29, 0.717) is 16.9 Å². The van der Waals surface area contributed by atoms with E-state index in [2.05, 4.69) is 10.6 Å². The minimum absolute atomic E-state index is 0.0662. The summed E-state index contributed by atoms with van der Waals surface area (Å²) in [7, 11) is 0. The number of benzene rings is 2. The number of carbonyl (C=O) groups excluding carboxylic acids is 2. The Hall–Kier alpha value is -3.08. The van der Waals surface area contributed by atoms with Gasteiger partial charge in [0.05, 0.1) is 5.57 Å². The zero-order valence-electron chi connectivity index (χ0n) is 14.2. The van der Waals surface area contributed by atoms with Gasteiger partial charge >= 0.3 is 0 Å². The lowest BCUT2D eigenvalue weighted by Gasteiger charge is -2.17. The van der Waals surface area contributed by atoms with Crippen molar-refractivity contribution in [3.63, 3.8) is 0 Å². The summed E-state index contributed by atoms with van der Waals surface area (Å²) in [4.78, 5) is 24.3. The van der Waals surface area contributed by atoms with Crippen molar-refractivity contribution in [1.29, 1.82) is 0 Å². The molecular weight excluding hydrogens is 316 g/mol. The smallest absolute Gasteiger partial charge is 0.255 e. The predicted molar refractivity (Wildman–Crippen MR) is 98.5 cm³/mol. The number of rotatable bonds is 4. The van der Waals surface area contributed by atoms with Crippen LogP contribution in [0.5, 0.6) is 5.75 Å². The molecule has 25 heavy (non-hydrogen) atoms. The van der Waals surface area contributed by atoms with E-state index in [-0.39, 0.29) is 24.3 Å². The zero-order valence-corrected chi connectivity index (χ0v) is 14.2. The molecule has 2 aromatic rings. The highest BCUT2D eigenvalue weighted by atomic mass is 16.5. The van der Waals surface area contributed by atoms with Crippen molar-refractivity contribution < 1.29 is 14.3 Å². The Labute approximate surface area is 146 Å². The number of carbonyl (C=O) groups is 2. The molecule has 2 aromatic carbocycles. The van der Waals surface area contributed by atoms with E-state index in [1.807, 2.05) is 44.2 Å². The molecule has 2 N–H and O–H groups in total. The Morgan fingerprint density at radius 3 is 2.48 bits per heavy atom. The van der Waals surface area contributed by atoms with Gasteiger partial charge in [-0.25, -0.2) is 0 Å². The van der Waals surface area contributed by atoms with Crippen molar-refractivity contribution in [1.82, 2.24) is 0 Å². The maximum absolute atomic E-state index is 12.5. The minimum atomic E-state index is -0.221. The summed E-state index contributed by atoms with van der Waals surface area (Å²) in [6.45, 7) is 3.88. The molecule has 0 atom stereocenters. The highest BCUT2D eigenvalue weighted by Gasteiger charge is 2.17. The van der Waals surface area contributed by atoms with E-state index in [1.165, 1.54) is 0 Å². The Morgan fingerprint density at radius 2 is 1.72 bits per heavy atom. The van der Waals surface area contributed by atoms with Crippen LogP contribution < -0.4 is 15.4 Å². The second kappa shape index (κ2) is 7.21. The molecule has 0 spiro atoms. The summed E-state index contributed by atoms with van der Waals surface area (Å²) in [5.74, 6) is 0.380. The van der Waals surface area contributed by atoms with Gasteiger partial charge in [-0.15, -0.1) is 0 Å². The van der Waals surface area contributed by atoms with E-state index in [4.69, 9.17) is 4.74 Å². The molecule has 1 aliphatic rings. The Kier molecular flexibility index (Phi) is 4.84. The fourth-order valence-corrected chi connectivity index (χ4v) is 2.42. The van der Waals surface area contributed by atoms with Crippen molar-refractivity contribution >= 4 is 29.3 Å². The molecule has 0 unspecified atom stereocenters. The first-order valence-corrected chi connectivity index (χ1v) is 8.17. The zero-order chi connectivity index (χ0) is 17.8. The van der Waals surface area contributed by atoms with Crippen LogP contribution in [-0.2, 0) is 9.59 Å². The topological polar surface area (TPSA) is 67.4 Å². The van der Waals surface area contributed by atoms with Gasteiger partial charge < -0.3 is 15.4 Å². The Balaban J connectivity index is 1.72. The number of ether oxygens (including phenoxy) is 1. The highest BCUT2D eigenvalue weighted by Crippen LogP contribution is 2.26. The summed E-state index contributed by atoms with van der Waals surface area (Å²) in [6, 6.07) is 14.7. The van der Waals surface area contributed by atoms with Crippen LogP contribution in [0.15, 0.2) is 54.1 Å². The van der Waals surface area contributed by atoms with Gasteiger partial charge in [-0.05, 0) is 30.3 Å². The van der Waals surface area contributed by atoms with Gasteiger partial charge in [-0.2, -0.15) is 0 Å². The van der Waals surface area contributed by atoms with Crippen molar-refractivity contribution in [2.75, 3.05) is 17.2 Å². The molecule has 0 saturated carbocycles. The average Bonchev–Trinajstić information content (AvgIpc) is 2.61. The third kappa shape index (κ3) is 4.07. The maximum atomic E-state index is 12.5. The standard InChI is InChI=1S/C20H20N2O3/c1-13(2)19(23)21-16-7-5-8-17(11-16)22-20(24)15-10-14-6-3-4-9-18(14)25-12-15/h3-11,13H,12H2,1-2H3,(H,21,23)(H,22,24). The highest BCUT2D eigenvalue weighted by molar-refractivity contribution is 6.07. The molecule has 1 heterocycles. The molecule has 1 aliphatic heterocycles. The van der Waals surface area contributed by atoms with Gasteiger partial charge in [0.25, 0.3) is 5.91 Å². The van der Waals surface area contributed by atoms with Gasteiger partial charge in [0, 0.05) is 22.9 Å². The lowest BCUT2D eigenvalue weighted by atomic mass is 10.1. The first-order chi connectivity index (χ1) is 12.0. The van der Waals surface area contributed by atoms with E-state index in [0.717, 1.165) is 11.3 Å². The fourth-order valence-electron chi connectivity index (χ4n) is 2.42. The van der Waals surface area contributed by atoms with E-state index in [9.17, 15) is 9.59 Å². The molecule has 0 radical (unpaired) electrons. The second-order valence-corrected chi connectivity index (χ2v) is 6.17. The number of para-hydroxylation sites is 1. The van der Waals surface area contributed by atoms with E-state index >= 15 is 0 Å². The molecule has 3 rings (SSSR count). The Bertz CT molecular complexity index is 840. The molecule has 128 valence electrons. The van der Waals surface area contributed by atoms with Crippen LogP contribution in [0, 0.1) is 5.92 Å². The van der Waals surface area contributed by atoms with Gasteiger partial charge in [0.15, 0.2) is 0 Å². The summed E-state index contributed by atoms with van der Waals surface area (Å²) in [5, 5.41) is 5.66. The summed E-state index contributed by atoms with van der Waals surface area (Å²) in [6.07, 6.45) is 1.83. The number of anilines is 2. The molecule has 5 heteroatoms. The third-order valence-corrected chi connectivity index (χ3v) is 3.84. The van der Waals surface area contributed by atoms with Crippen LogP contribution in [0.4, 0.5) is 11.4 Å². The van der Waals surface area contributed by atoms with Crippen LogP contribution in [0.3, 0.4) is 0 Å². The minimum Gasteiger partial charge on any atom is -0.488 e. The molecular formula is C20H20N2O3. The van der Waals surface area contributed by atoms with Crippen molar-refractivity contribution in [3.05, 3.63) is 59.7 Å². The molecule has 5 nitrogen and oxygen atoms in total. The van der Waals surface area contributed by atoms with E-state index < -0.39 is 0 Å². The first-order valence-electron chi connectivity index (χ1n) is 8.17. The van der Waals surface area contributed by atoms with E-state index in [1.54, 1.807) is 24.3 Å². The quantitative estimate of drug-likeness (QED) is 0.895. The molecule has 0 saturated heterocycles. The molecule has 0 bridgehead atoms. The summed E-state index contributed by atoms with van der Waals surface area (Å²) < 4.78 is 5.61. The average molecular weight is 336 g/mol. The fraction of sp³-hybridized carbons (Fsp3) is 0.200. The first kappa shape index (κ1) is 16.8. The molecule has 0 aromatic heterocycles. The monoisotopic (exact) mass is 336 g/mol. The maximum Gasteiger partial charge on any atom is 0.255 e. The molecule has 0 aliphatic carbocycles. The Morgan fingerprint density at radius 1 is 1.00 bits per heavy atom. The van der Waals surface area contributed by atoms with Gasteiger partial charge in [0.1, 0.15) is 12.4 Å². The lowest BCUT2D eigenvalue weighted by Crippen LogP contribution is -2.21. The van der Waals surface area contributed by atoms with Crippen LogP contribution in [0.2, 0.25) is 0 Å². The predicted octanol–water partition coefficient (Wildman–Crippen LogP) is 3.70. The van der Waals surface area contributed by atoms with Crippen molar-refractivity contribution in [2.45, 2.75) is 13.8 Å². The number of fused-ring (bicyclic) bond motifs is 1. The van der Waals surface area contributed by atoms with Crippen LogP contribution in [0.1, 0.15) is 19.4 Å². The van der Waals surface area contributed by atoms with Crippen molar-refractivity contribution in [2.24, 2.45) is 5.92 Å². The van der Waals surface area contributed by atoms with Crippen LogP contribution in [-0.4, -0.2) is 18.4 Å². The SMILES string of the molecule is CC(C)C(=O)Nc1cccc(NC(=O)C2=Cc3ccccc3OC2)c1. The number of amides is 2. The van der Waals surface area contributed by atoms with Crippen LogP contribution >= 0.6 is 0 Å². The molecule has 0 fully saturated rings. The van der Waals surface area contributed by atoms with Gasteiger partial charge in [0.2, 0.25) is 5.91 Å². The van der Waals surface area contributed by atoms with Crippen LogP contribution in [0.25, 0.3) is 6.08 Å². The summed E-state index contributed by atoms with van der Waals surface area (Å²) >= 11 is 0. The molecule has 2 amide bonds. The third-order valence-electron chi connectivity index (χ3n) is 3.84. The largest absolute Gasteiger partial charge is 0.488 e. The second-order valence-electron chi connectivity index (χ2n) is 6.17. The number of nitrogens with one attached hydrogen (secondary N) is 2. The lowest BCUT2D eigenvalue weighted by molar-refractivity contribution is -0.119. The van der Waals surface area contributed by atoms with Crippen molar-refractivity contribution in [3.8, 4) is 5.75 Å². The normalized spacial score (nSPS) is 12.7. The number of hydrogen-bond donors (Lipinski definition) is 2. The van der Waals surface area contributed by atoms with Gasteiger partial charge in [-0.1, -0.05) is 38.1 Å². The number of hydrogen-bond acceptors (Lipinski definition) is 3. The van der Waals surface area contributed by atoms with Gasteiger partial charge in [-0.3, -0.25) is 9.59 Å². The summed E-state index contributed by atoms with van der Waals surface area (Å²) in [5.41, 5.74) is 2.70.